The Labute approximate surface area is 137 Å². The fraction of sp³-hybridized carbons (Fsp3) is 0.438. The van der Waals surface area contributed by atoms with Crippen LogP contribution in [-0.4, -0.2) is 41.9 Å². The number of ether oxygens (including phenoxy) is 1. The summed E-state index contributed by atoms with van der Waals surface area (Å²) in [7, 11) is 0. The predicted octanol–water partition coefficient (Wildman–Crippen LogP) is 1.79. The lowest BCUT2D eigenvalue weighted by molar-refractivity contribution is -0.144. The van der Waals surface area contributed by atoms with Gasteiger partial charge in [0.05, 0.1) is 12.2 Å². The molecule has 1 fully saturated rings. The summed E-state index contributed by atoms with van der Waals surface area (Å²) in [5.41, 5.74) is 0.0810. The van der Waals surface area contributed by atoms with Crippen molar-refractivity contribution in [3.8, 4) is 11.5 Å². The van der Waals surface area contributed by atoms with Crippen LogP contribution in [0, 0.1) is 11.8 Å². The van der Waals surface area contributed by atoms with E-state index in [0.29, 0.717) is 37.6 Å². The third-order valence-electron chi connectivity index (χ3n) is 4.14. The van der Waals surface area contributed by atoms with E-state index in [1.165, 1.54) is 12.3 Å². The molecule has 8 nitrogen and oxygen atoms in total. The normalized spacial score (nSPS) is 16.7. The monoisotopic (exact) mass is 334 g/mol. The Kier molecular flexibility index (Phi) is 4.95. The first-order chi connectivity index (χ1) is 11.6. The summed E-state index contributed by atoms with van der Waals surface area (Å²) >= 11 is 0. The van der Waals surface area contributed by atoms with Gasteiger partial charge in [0, 0.05) is 25.8 Å². The van der Waals surface area contributed by atoms with Crippen molar-refractivity contribution in [3.05, 3.63) is 30.2 Å². The summed E-state index contributed by atoms with van der Waals surface area (Å²) in [4.78, 5) is 23.6. The van der Waals surface area contributed by atoms with E-state index in [9.17, 15) is 14.7 Å². The van der Waals surface area contributed by atoms with E-state index < -0.39 is 17.8 Å². The topological polar surface area (TPSA) is 115 Å². The van der Waals surface area contributed by atoms with Crippen LogP contribution in [0.15, 0.2) is 33.4 Å². The van der Waals surface area contributed by atoms with Gasteiger partial charge in [0.1, 0.15) is 0 Å². The zero-order chi connectivity index (χ0) is 16.9. The summed E-state index contributed by atoms with van der Waals surface area (Å²) in [6.07, 6.45) is 2.85. The quantitative estimate of drug-likeness (QED) is 0.827. The highest BCUT2D eigenvalue weighted by Crippen LogP contribution is 2.24. The number of carboxylic acid groups (broad SMARTS) is 1. The molecule has 0 radical (unpaired) electrons. The zero-order valence-electron chi connectivity index (χ0n) is 12.9. The van der Waals surface area contributed by atoms with E-state index >= 15 is 0 Å². The van der Waals surface area contributed by atoms with Gasteiger partial charge in [-0.05, 0) is 30.9 Å². The van der Waals surface area contributed by atoms with Crippen molar-refractivity contribution < 1.29 is 28.4 Å². The van der Waals surface area contributed by atoms with Crippen molar-refractivity contribution in [1.82, 2.24) is 10.5 Å². The molecule has 0 spiro atoms. The first-order valence-corrected chi connectivity index (χ1v) is 7.74. The Balaban J connectivity index is 1.60. The first-order valence-electron chi connectivity index (χ1n) is 7.74. The second-order valence-electron chi connectivity index (χ2n) is 5.66. The zero-order valence-corrected chi connectivity index (χ0v) is 12.9. The average molecular weight is 334 g/mol. The second-order valence-corrected chi connectivity index (χ2v) is 5.66. The number of hydrogen-bond donors (Lipinski definition) is 2. The smallest absolute Gasteiger partial charge is 0.308 e. The number of carbonyl (C=O) groups excluding carboxylic acids is 1. The number of amides is 1. The number of furan rings is 1. The molecular formula is C16H18N2O6. The molecule has 0 bridgehead atoms. The van der Waals surface area contributed by atoms with Crippen molar-refractivity contribution in [3.63, 3.8) is 0 Å². The maximum Gasteiger partial charge on any atom is 0.308 e. The molecule has 1 amide bonds. The molecule has 1 unspecified atom stereocenters. The third-order valence-corrected chi connectivity index (χ3v) is 4.14. The van der Waals surface area contributed by atoms with Gasteiger partial charge in [-0.3, -0.25) is 9.59 Å². The maximum absolute atomic E-state index is 12.2. The van der Waals surface area contributed by atoms with Gasteiger partial charge in [-0.25, -0.2) is 0 Å². The summed E-state index contributed by atoms with van der Waals surface area (Å²) < 4.78 is 15.5. The Morgan fingerprint density at radius 1 is 1.33 bits per heavy atom. The van der Waals surface area contributed by atoms with Crippen LogP contribution in [-0.2, 0) is 9.53 Å². The molecule has 1 atom stereocenters. The molecule has 1 aliphatic rings. The van der Waals surface area contributed by atoms with Gasteiger partial charge in [-0.2, -0.15) is 0 Å². The highest BCUT2D eigenvalue weighted by molar-refractivity contribution is 5.93. The van der Waals surface area contributed by atoms with Crippen molar-refractivity contribution in [2.75, 3.05) is 19.8 Å². The number of aliphatic carboxylic acids is 1. The minimum atomic E-state index is -0.918. The van der Waals surface area contributed by atoms with E-state index in [1.807, 2.05) is 0 Å². The van der Waals surface area contributed by atoms with E-state index in [-0.39, 0.29) is 18.2 Å². The number of aromatic nitrogens is 1. The van der Waals surface area contributed by atoms with Crippen LogP contribution in [0.5, 0.6) is 0 Å². The van der Waals surface area contributed by atoms with Gasteiger partial charge in [0.2, 0.25) is 5.76 Å². The number of hydrogen-bond acceptors (Lipinski definition) is 6. The number of rotatable bonds is 6. The molecular weight excluding hydrogens is 316 g/mol. The van der Waals surface area contributed by atoms with Gasteiger partial charge in [0.15, 0.2) is 11.5 Å². The Morgan fingerprint density at radius 3 is 2.79 bits per heavy atom. The summed E-state index contributed by atoms with van der Waals surface area (Å²) in [6, 6.07) is 4.84. The Hall–Kier alpha value is -2.61. The fourth-order valence-electron chi connectivity index (χ4n) is 2.78. The van der Waals surface area contributed by atoms with Gasteiger partial charge in [0.25, 0.3) is 5.91 Å². The molecule has 2 aromatic heterocycles. The van der Waals surface area contributed by atoms with Crippen LogP contribution in [0.25, 0.3) is 11.5 Å². The summed E-state index contributed by atoms with van der Waals surface area (Å²) in [5.74, 6) is -1.24. The van der Waals surface area contributed by atoms with Crippen LogP contribution in [0.3, 0.4) is 0 Å². The van der Waals surface area contributed by atoms with Crippen LogP contribution in [0.4, 0.5) is 0 Å². The summed E-state index contributed by atoms with van der Waals surface area (Å²) in [6.45, 7) is 1.15. The van der Waals surface area contributed by atoms with E-state index in [2.05, 4.69) is 10.5 Å². The fourth-order valence-corrected chi connectivity index (χ4v) is 2.78. The molecule has 1 saturated heterocycles. The van der Waals surface area contributed by atoms with Gasteiger partial charge in [-0.15, -0.1) is 0 Å². The molecule has 0 aliphatic carbocycles. The molecule has 2 aromatic rings. The summed E-state index contributed by atoms with van der Waals surface area (Å²) in [5, 5.41) is 15.7. The molecule has 3 heterocycles. The molecule has 1 aliphatic heterocycles. The SMILES string of the molecule is O=C(NCC(C(=O)O)C1CCOCC1)c1cc(-c2ccco2)on1. The van der Waals surface area contributed by atoms with Crippen LogP contribution < -0.4 is 5.32 Å². The Bertz CT molecular complexity index is 687. The standard InChI is InChI=1S/C16H18N2O6/c19-15(12-8-14(24-18-12)13-2-1-5-23-13)17-9-11(16(20)21)10-3-6-22-7-4-10/h1-2,5,8,10-11H,3-4,6-7,9H2,(H,17,19)(H,20,21). The van der Waals surface area contributed by atoms with Crippen LogP contribution in [0.1, 0.15) is 23.3 Å². The minimum absolute atomic E-state index is 0.00691. The number of nitrogens with one attached hydrogen (secondary N) is 1. The molecule has 128 valence electrons. The van der Waals surface area contributed by atoms with E-state index in [4.69, 9.17) is 13.7 Å². The van der Waals surface area contributed by atoms with E-state index in [1.54, 1.807) is 12.1 Å². The highest BCUT2D eigenvalue weighted by Gasteiger charge is 2.30. The van der Waals surface area contributed by atoms with Crippen molar-refractivity contribution in [1.29, 1.82) is 0 Å². The lowest BCUT2D eigenvalue weighted by Gasteiger charge is -2.27. The molecule has 2 N–H and O–H groups in total. The third kappa shape index (κ3) is 3.65. The van der Waals surface area contributed by atoms with Crippen LogP contribution >= 0.6 is 0 Å². The second kappa shape index (κ2) is 7.31. The molecule has 24 heavy (non-hydrogen) atoms. The number of carboxylic acids is 1. The van der Waals surface area contributed by atoms with Gasteiger partial charge in [-0.1, -0.05) is 5.16 Å². The molecule has 0 aromatic carbocycles. The Morgan fingerprint density at radius 2 is 2.12 bits per heavy atom. The number of nitrogens with zero attached hydrogens (tertiary/aromatic N) is 1. The molecule has 3 rings (SSSR count). The van der Waals surface area contributed by atoms with E-state index in [0.717, 1.165) is 0 Å². The molecule has 0 saturated carbocycles. The first kappa shape index (κ1) is 16.3. The van der Waals surface area contributed by atoms with Crippen molar-refractivity contribution in [2.24, 2.45) is 11.8 Å². The lowest BCUT2D eigenvalue weighted by Crippen LogP contribution is -2.39. The lowest BCUT2D eigenvalue weighted by atomic mass is 9.86. The van der Waals surface area contributed by atoms with Crippen LogP contribution in [0.2, 0.25) is 0 Å². The molecule has 8 heteroatoms. The largest absolute Gasteiger partial charge is 0.481 e. The average Bonchev–Trinajstić information content (AvgIpc) is 3.27. The van der Waals surface area contributed by atoms with Gasteiger partial charge >= 0.3 is 5.97 Å². The van der Waals surface area contributed by atoms with Crippen molar-refractivity contribution >= 4 is 11.9 Å². The maximum atomic E-state index is 12.2. The number of carbonyl (C=O) groups is 2. The predicted molar refractivity (Wildman–Crippen MR) is 81.2 cm³/mol. The highest BCUT2D eigenvalue weighted by atomic mass is 16.5. The van der Waals surface area contributed by atoms with Crippen molar-refractivity contribution in [2.45, 2.75) is 12.8 Å². The van der Waals surface area contributed by atoms with Gasteiger partial charge < -0.3 is 24.1 Å². The minimum Gasteiger partial charge on any atom is -0.481 e.